The van der Waals surface area contributed by atoms with E-state index >= 15 is 4.39 Å². The molecule has 0 spiro atoms. The van der Waals surface area contributed by atoms with Crippen molar-refractivity contribution in [1.29, 1.82) is 0 Å². The minimum absolute atomic E-state index is 0.0129. The van der Waals surface area contributed by atoms with Gasteiger partial charge in [0.15, 0.2) is 0 Å². The van der Waals surface area contributed by atoms with E-state index in [1.165, 1.54) is 12.1 Å². The van der Waals surface area contributed by atoms with Crippen LogP contribution in [0.3, 0.4) is 0 Å². The Morgan fingerprint density at radius 1 is 1.18 bits per heavy atom. The molecular weight excluding hydrogens is 507 g/mol. The SMILES string of the molecule is CC1CCC1(N)c1ncc(-c2ccn3nc4c(c3c2)C2CC4N(C)C(=O)c3cccc(OC(F)F)c32)cc1F. The van der Waals surface area contributed by atoms with Crippen LogP contribution in [0.15, 0.2) is 48.8 Å². The smallest absolute Gasteiger partial charge is 0.387 e. The number of carbonyl (C=O) groups is 1. The molecule has 200 valence electrons. The van der Waals surface area contributed by atoms with E-state index in [1.807, 2.05) is 19.1 Å². The first kappa shape index (κ1) is 24.1. The second-order valence-corrected chi connectivity index (χ2v) is 10.9. The highest BCUT2D eigenvalue weighted by molar-refractivity contribution is 5.98. The molecule has 4 unspecified atom stereocenters. The molecule has 0 radical (unpaired) electrons. The quantitative estimate of drug-likeness (QED) is 0.381. The van der Waals surface area contributed by atoms with Crippen molar-refractivity contribution < 1.29 is 22.7 Å². The lowest BCUT2D eigenvalue weighted by Gasteiger charge is -2.44. The maximum Gasteiger partial charge on any atom is 0.387 e. The zero-order chi connectivity index (χ0) is 27.2. The third kappa shape index (κ3) is 3.37. The fraction of sp³-hybridized carbons (Fsp3) is 0.345. The lowest BCUT2D eigenvalue weighted by Crippen LogP contribution is -2.51. The molecule has 1 aliphatic heterocycles. The molecule has 4 atom stereocenters. The van der Waals surface area contributed by atoms with E-state index in [0.717, 1.165) is 23.1 Å². The first-order chi connectivity index (χ1) is 18.7. The molecule has 39 heavy (non-hydrogen) atoms. The van der Waals surface area contributed by atoms with Crippen LogP contribution in [0.4, 0.5) is 13.2 Å². The maximum atomic E-state index is 15.2. The summed E-state index contributed by atoms with van der Waals surface area (Å²) in [6.45, 7) is -1.02. The zero-order valence-corrected chi connectivity index (χ0v) is 21.4. The number of aromatic nitrogens is 3. The Labute approximate surface area is 222 Å². The number of nitrogens with zero attached hydrogens (tertiary/aromatic N) is 4. The summed E-state index contributed by atoms with van der Waals surface area (Å²) in [6, 6.07) is 9.54. The van der Waals surface area contributed by atoms with Gasteiger partial charge in [0.1, 0.15) is 11.6 Å². The van der Waals surface area contributed by atoms with Gasteiger partial charge in [-0.05, 0) is 61.1 Å². The lowest BCUT2D eigenvalue weighted by molar-refractivity contribution is -0.0505. The molecule has 1 amide bonds. The summed E-state index contributed by atoms with van der Waals surface area (Å²) >= 11 is 0. The number of hydrogen-bond donors (Lipinski definition) is 1. The number of fused-ring (bicyclic) bond motifs is 9. The van der Waals surface area contributed by atoms with Gasteiger partial charge in [-0.15, -0.1) is 0 Å². The number of rotatable bonds is 4. The van der Waals surface area contributed by atoms with Crippen LogP contribution >= 0.6 is 0 Å². The van der Waals surface area contributed by atoms with Crippen molar-refractivity contribution in [2.75, 3.05) is 7.05 Å². The number of benzene rings is 1. The number of amides is 1. The molecule has 10 heteroatoms. The van der Waals surface area contributed by atoms with Crippen LogP contribution in [0.2, 0.25) is 0 Å². The first-order valence-electron chi connectivity index (χ1n) is 13.0. The van der Waals surface area contributed by atoms with Crippen LogP contribution in [-0.2, 0) is 5.54 Å². The van der Waals surface area contributed by atoms with Crippen molar-refractivity contribution in [3.8, 4) is 16.9 Å². The standard InChI is InChI=1S/C29H26F3N5O2/c1-14-6-8-29(14,33)26-19(30)10-16(13-34-26)15-7-9-37-20(11-15)24-18-12-21(25(24)35-37)36(2)27(38)17-4-3-5-22(23(17)18)39-28(31)32/h3-5,7,9-11,13-14,18,21,28H,6,8,12,33H2,1-2H3. The molecule has 3 aromatic heterocycles. The van der Waals surface area contributed by atoms with Gasteiger partial charge in [0.2, 0.25) is 0 Å². The number of hydrogen-bond acceptors (Lipinski definition) is 5. The van der Waals surface area contributed by atoms with E-state index in [2.05, 4.69) is 4.98 Å². The molecule has 4 aromatic rings. The van der Waals surface area contributed by atoms with Gasteiger partial charge >= 0.3 is 6.61 Å². The van der Waals surface area contributed by atoms with E-state index in [1.54, 1.807) is 41.0 Å². The third-order valence-electron chi connectivity index (χ3n) is 8.96. The van der Waals surface area contributed by atoms with Gasteiger partial charge < -0.3 is 15.4 Å². The van der Waals surface area contributed by atoms with Gasteiger partial charge in [0.25, 0.3) is 5.91 Å². The summed E-state index contributed by atoms with van der Waals surface area (Å²) < 4.78 is 48.5. The van der Waals surface area contributed by atoms with Crippen molar-refractivity contribution in [1.82, 2.24) is 19.5 Å². The van der Waals surface area contributed by atoms with Gasteiger partial charge in [-0.25, -0.2) is 8.91 Å². The maximum absolute atomic E-state index is 15.2. The molecule has 7 rings (SSSR count). The van der Waals surface area contributed by atoms with Crippen LogP contribution in [0.5, 0.6) is 5.75 Å². The average molecular weight is 534 g/mol. The third-order valence-corrected chi connectivity index (χ3v) is 8.96. The minimum atomic E-state index is -3.03. The molecule has 3 aliphatic rings. The highest BCUT2D eigenvalue weighted by Gasteiger charge is 2.46. The van der Waals surface area contributed by atoms with E-state index in [9.17, 15) is 13.6 Å². The Hall–Kier alpha value is -3.92. The topological polar surface area (TPSA) is 85.8 Å². The Kier molecular flexibility index (Phi) is 5.13. The number of alkyl halides is 2. The fourth-order valence-corrected chi connectivity index (χ4v) is 6.58. The average Bonchev–Trinajstić information content (AvgIpc) is 3.44. The van der Waals surface area contributed by atoms with Crippen LogP contribution in [0.25, 0.3) is 16.6 Å². The number of pyridine rings is 2. The van der Waals surface area contributed by atoms with Crippen molar-refractivity contribution in [3.63, 3.8) is 0 Å². The van der Waals surface area contributed by atoms with Gasteiger partial charge in [-0.1, -0.05) is 13.0 Å². The van der Waals surface area contributed by atoms with Gasteiger partial charge in [-0.2, -0.15) is 13.9 Å². The molecule has 2 aliphatic carbocycles. The summed E-state index contributed by atoms with van der Waals surface area (Å²) in [6.07, 6.45) is 5.56. The molecule has 1 aromatic carbocycles. The monoisotopic (exact) mass is 533 g/mol. The van der Waals surface area contributed by atoms with Crippen LogP contribution in [0, 0.1) is 11.7 Å². The Morgan fingerprint density at radius 2 is 2.00 bits per heavy atom. The second-order valence-electron chi connectivity index (χ2n) is 10.9. The molecule has 1 fully saturated rings. The Morgan fingerprint density at radius 3 is 2.69 bits per heavy atom. The van der Waals surface area contributed by atoms with Crippen molar-refractivity contribution in [2.24, 2.45) is 11.7 Å². The van der Waals surface area contributed by atoms with E-state index in [-0.39, 0.29) is 35.2 Å². The van der Waals surface area contributed by atoms with Crippen LogP contribution < -0.4 is 10.5 Å². The summed E-state index contributed by atoms with van der Waals surface area (Å²) in [7, 11) is 1.70. The first-order valence-corrected chi connectivity index (χ1v) is 13.0. The summed E-state index contributed by atoms with van der Waals surface area (Å²) in [5.41, 5.74) is 10.4. The number of carbonyl (C=O) groups excluding carboxylic acids is 1. The molecular formula is C29H26F3N5O2. The molecule has 7 nitrogen and oxygen atoms in total. The summed E-state index contributed by atoms with van der Waals surface area (Å²) in [5.74, 6) is -0.936. The summed E-state index contributed by atoms with van der Waals surface area (Å²) in [5, 5.41) is 4.78. The molecule has 1 saturated carbocycles. The highest BCUT2D eigenvalue weighted by atomic mass is 19.3. The van der Waals surface area contributed by atoms with Crippen molar-refractivity contribution in [3.05, 3.63) is 82.7 Å². The molecule has 2 bridgehead atoms. The number of nitrogens with two attached hydrogens (primary N) is 1. The van der Waals surface area contributed by atoms with E-state index in [0.29, 0.717) is 35.2 Å². The lowest BCUT2D eigenvalue weighted by atomic mass is 9.66. The highest BCUT2D eigenvalue weighted by Crippen LogP contribution is 2.53. The van der Waals surface area contributed by atoms with Gasteiger partial charge in [-0.3, -0.25) is 9.78 Å². The number of halogens is 3. The second kappa shape index (κ2) is 8.29. The van der Waals surface area contributed by atoms with Crippen LogP contribution in [0.1, 0.15) is 71.0 Å². The molecule has 0 saturated heterocycles. The molecule has 2 N–H and O–H groups in total. The van der Waals surface area contributed by atoms with Gasteiger partial charge in [0.05, 0.1) is 28.5 Å². The fourth-order valence-electron chi connectivity index (χ4n) is 6.58. The Balaban J connectivity index is 1.37. The zero-order valence-electron chi connectivity index (χ0n) is 21.4. The Bertz CT molecular complexity index is 1670. The summed E-state index contributed by atoms with van der Waals surface area (Å²) in [4.78, 5) is 19.4. The predicted octanol–water partition coefficient (Wildman–Crippen LogP) is 5.38. The van der Waals surface area contributed by atoms with Crippen molar-refractivity contribution >= 4 is 11.4 Å². The predicted molar refractivity (Wildman–Crippen MR) is 137 cm³/mol. The normalized spacial score (nSPS) is 25.5. The van der Waals surface area contributed by atoms with Gasteiger partial charge in [0, 0.05) is 47.6 Å². The largest absolute Gasteiger partial charge is 0.434 e. The van der Waals surface area contributed by atoms with Crippen LogP contribution in [-0.4, -0.2) is 39.1 Å². The van der Waals surface area contributed by atoms with E-state index in [4.69, 9.17) is 15.6 Å². The molecule has 4 heterocycles. The van der Waals surface area contributed by atoms with Crippen molar-refractivity contribution in [2.45, 2.75) is 50.3 Å². The van der Waals surface area contributed by atoms with E-state index < -0.39 is 18.0 Å². The number of ether oxygens (including phenoxy) is 1. The minimum Gasteiger partial charge on any atom is -0.434 e.